The second kappa shape index (κ2) is 11.3. The van der Waals surface area contributed by atoms with Crippen LogP contribution in [0.1, 0.15) is 44.2 Å². The zero-order valence-corrected chi connectivity index (χ0v) is 21.8. The minimum absolute atomic E-state index is 0.442. The Morgan fingerprint density at radius 1 is 0.946 bits per heavy atom. The number of benzene rings is 3. The van der Waals surface area contributed by atoms with E-state index in [1.54, 1.807) is 6.07 Å². The van der Waals surface area contributed by atoms with E-state index in [9.17, 15) is 9.90 Å². The molecule has 0 aliphatic carbocycles. The number of oxazole rings is 1. The van der Waals surface area contributed by atoms with Gasteiger partial charge >= 0.3 is 5.97 Å². The summed E-state index contributed by atoms with van der Waals surface area (Å²) in [4.78, 5) is 16.1. The maximum atomic E-state index is 11.4. The first kappa shape index (κ1) is 26.0. The molecule has 0 atom stereocenters. The third-order valence-corrected chi connectivity index (χ3v) is 6.17. The van der Waals surface area contributed by atoms with Gasteiger partial charge in [-0.3, -0.25) is 0 Å². The summed E-state index contributed by atoms with van der Waals surface area (Å²) in [5, 5.41) is 9.35. The molecule has 0 aliphatic heterocycles. The van der Waals surface area contributed by atoms with E-state index in [-0.39, 0.29) is 0 Å². The standard InChI is InChI=1S/C31H33NO5/c1-5-9-25-20-26(37-31(3,4)30(33)34)16-17-28(25)35-19-18-27-21(2)36-29(32-27)24-14-12-23(13-15-24)22-10-7-6-8-11-22/h6-8,10-17,20H,5,9,18-19H2,1-4H3,(H,33,34). The lowest BCUT2D eigenvalue weighted by molar-refractivity contribution is -0.152. The van der Waals surface area contributed by atoms with Gasteiger partial charge in [0.1, 0.15) is 17.3 Å². The maximum Gasteiger partial charge on any atom is 0.347 e. The minimum atomic E-state index is -1.31. The molecule has 4 aromatic rings. The first-order valence-electron chi connectivity index (χ1n) is 12.6. The summed E-state index contributed by atoms with van der Waals surface area (Å²) < 4.78 is 17.8. The average molecular weight is 500 g/mol. The number of carboxylic acid groups (broad SMARTS) is 1. The molecule has 0 amide bonds. The van der Waals surface area contributed by atoms with Crippen molar-refractivity contribution in [2.24, 2.45) is 0 Å². The van der Waals surface area contributed by atoms with Crippen molar-refractivity contribution in [3.63, 3.8) is 0 Å². The Morgan fingerprint density at radius 3 is 2.30 bits per heavy atom. The van der Waals surface area contributed by atoms with Gasteiger partial charge < -0.3 is 19.0 Å². The highest BCUT2D eigenvalue weighted by Gasteiger charge is 2.29. The van der Waals surface area contributed by atoms with E-state index >= 15 is 0 Å². The number of nitrogens with zero attached hydrogens (tertiary/aromatic N) is 1. The molecule has 192 valence electrons. The van der Waals surface area contributed by atoms with Crippen LogP contribution in [0.4, 0.5) is 0 Å². The van der Waals surface area contributed by atoms with Crippen molar-refractivity contribution in [2.75, 3.05) is 6.61 Å². The molecule has 0 saturated heterocycles. The van der Waals surface area contributed by atoms with Gasteiger partial charge in [0.2, 0.25) is 5.89 Å². The van der Waals surface area contributed by atoms with Crippen LogP contribution in [0, 0.1) is 6.92 Å². The number of hydrogen-bond acceptors (Lipinski definition) is 5. The lowest BCUT2D eigenvalue weighted by Gasteiger charge is -2.22. The quantitative estimate of drug-likeness (QED) is 0.236. The van der Waals surface area contributed by atoms with Crippen molar-refractivity contribution in [1.82, 2.24) is 4.98 Å². The van der Waals surface area contributed by atoms with Gasteiger partial charge in [0.25, 0.3) is 0 Å². The maximum absolute atomic E-state index is 11.4. The molecule has 37 heavy (non-hydrogen) atoms. The smallest absolute Gasteiger partial charge is 0.347 e. The zero-order chi connectivity index (χ0) is 26.4. The summed E-state index contributed by atoms with van der Waals surface area (Å²) in [5.74, 6) is 1.64. The lowest BCUT2D eigenvalue weighted by atomic mass is 10.0. The monoisotopic (exact) mass is 499 g/mol. The Bertz CT molecular complexity index is 1340. The highest BCUT2D eigenvalue weighted by molar-refractivity contribution is 5.76. The second-order valence-electron chi connectivity index (χ2n) is 9.50. The van der Waals surface area contributed by atoms with Gasteiger partial charge in [-0.25, -0.2) is 9.78 Å². The number of carbonyl (C=O) groups is 1. The first-order chi connectivity index (χ1) is 17.8. The predicted octanol–water partition coefficient (Wildman–Crippen LogP) is 7.13. The fraction of sp³-hybridized carbons (Fsp3) is 0.290. The van der Waals surface area contributed by atoms with Gasteiger partial charge in [0.15, 0.2) is 5.60 Å². The molecule has 6 heteroatoms. The highest BCUT2D eigenvalue weighted by Crippen LogP contribution is 2.29. The van der Waals surface area contributed by atoms with Crippen LogP contribution in [0.2, 0.25) is 0 Å². The molecule has 0 unspecified atom stereocenters. The molecule has 4 rings (SSSR count). The van der Waals surface area contributed by atoms with Crippen molar-refractivity contribution in [1.29, 1.82) is 0 Å². The SMILES string of the molecule is CCCc1cc(OC(C)(C)C(=O)O)ccc1OCCc1nc(-c2ccc(-c3ccccc3)cc2)oc1C. The minimum Gasteiger partial charge on any atom is -0.493 e. The topological polar surface area (TPSA) is 81.8 Å². The van der Waals surface area contributed by atoms with Crippen LogP contribution in [0.15, 0.2) is 77.2 Å². The van der Waals surface area contributed by atoms with Crippen molar-refractivity contribution in [3.05, 3.63) is 89.8 Å². The van der Waals surface area contributed by atoms with Gasteiger partial charge in [-0.2, -0.15) is 0 Å². The van der Waals surface area contributed by atoms with Gasteiger partial charge in [-0.15, -0.1) is 0 Å². The van der Waals surface area contributed by atoms with Crippen molar-refractivity contribution in [3.8, 4) is 34.1 Å². The Labute approximate surface area is 217 Å². The predicted molar refractivity (Wildman–Crippen MR) is 144 cm³/mol. The summed E-state index contributed by atoms with van der Waals surface area (Å²) in [5.41, 5.74) is 3.78. The molecule has 1 N–H and O–H groups in total. The Morgan fingerprint density at radius 2 is 1.62 bits per heavy atom. The van der Waals surface area contributed by atoms with Crippen LogP contribution in [-0.4, -0.2) is 28.3 Å². The molecule has 1 heterocycles. The fourth-order valence-corrected chi connectivity index (χ4v) is 4.04. The van der Waals surface area contributed by atoms with Gasteiger partial charge in [0, 0.05) is 12.0 Å². The third-order valence-electron chi connectivity index (χ3n) is 6.17. The highest BCUT2D eigenvalue weighted by atomic mass is 16.5. The van der Waals surface area contributed by atoms with E-state index in [4.69, 9.17) is 18.9 Å². The van der Waals surface area contributed by atoms with E-state index in [2.05, 4.69) is 31.2 Å². The number of aryl methyl sites for hydroxylation is 2. The Balaban J connectivity index is 1.41. The lowest BCUT2D eigenvalue weighted by Crippen LogP contribution is -2.37. The Kier molecular flexibility index (Phi) is 7.97. The van der Waals surface area contributed by atoms with Gasteiger partial charge in [-0.05, 0) is 74.2 Å². The van der Waals surface area contributed by atoms with E-state index in [1.165, 1.54) is 19.4 Å². The molecule has 0 spiro atoms. The summed E-state index contributed by atoms with van der Waals surface area (Å²) in [7, 11) is 0. The molecular weight excluding hydrogens is 466 g/mol. The second-order valence-corrected chi connectivity index (χ2v) is 9.50. The molecule has 0 saturated carbocycles. The summed E-state index contributed by atoms with van der Waals surface area (Å²) in [6, 6.07) is 23.9. The number of aliphatic carboxylic acids is 1. The van der Waals surface area contributed by atoms with E-state index in [0.29, 0.717) is 24.7 Å². The van der Waals surface area contributed by atoms with Crippen LogP contribution in [0.5, 0.6) is 11.5 Å². The van der Waals surface area contributed by atoms with Crippen molar-refractivity contribution in [2.45, 2.75) is 52.6 Å². The van der Waals surface area contributed by atoms with E-state index in [1.807, 2.05) is 49.4 Å². The van der Waals surface area contributed by atoms with Gasteiger partial charge in [0.05, 0.1) is 12.3 Å². The molecule has 6 nitrogen and oxygen atoms in total. The largest absolute Gasteiger partial charge is 0.493 e. The number of ether oxygens (including phenoxy) is 2. The van der Waals surface area contributed by atoms with E-state index < -0.39 is 11.6 Å². The van der Waals surface area contributed by atoms with Crippen LogP contribution in [-0.2, 0) is 17.6 Å². The summed E-state index contributed by atoms with van der Waals surface area (Å²) in [6.45, 7) is 7.52. The van der Waals surface area contributed by atoms with Crippen LogP contribution in [0.3, 0.4) is 0 Å². The van der Waals surface area contributed by atoms with Gasteiger partial charge in [-0.1, -0.05) is 55.8 Å². The molecular formula is C31H33NO5. The van der Waals surface area contributed by atoms with Crippen molar-refractivity contribution >= 4 is 5.97 Å². The number of rotatable bonds is 11. The third kappa shape index (κ3) is 6.39. The van der Waals surface area contributed by atoms with Crippen LogP contribution in [0.25, 0.3) is 22.6 Å². The molecule has 0 radical (unpaired) electrons. The number of aromatic nitrogens is 1. The average Bonchev–Trinajstić information content (AvgIpc) is 3.26. The number of hydrogen-bond donors (Lipinski definition) is 1. The molecule has 0 aliphatic rings. The summed E-state index contributed by atoms with van der Waals surface area (Å²) >= 11 is 0. The van der Waals surface area contributed by atoms with Crippen LogP contribution < -0.4 is 9.47 Å². The molecule has 0 fully saturated rings. The Hall–Kier alpha value is -4.06. The normalized spacial score (nSPS) is 11.4. The summed E-state index contributed by atoms with van der Waals surface area (Å²) in [6.07, 6.45) is 2.33. The fourth-order valence-electron chi connectivity index (χ4n) is 4.04. The molecule has 3 aromatic carbocycles. The number of carboxylic acids is 1. The molecule has 1 aromatic heterocycles. The molecule has 0 bridgehead atoms. The zero-order valence-electron chi connectivity index (χ0n) is 21.8. The first-order valence-corrected chi connectivity index (χ1v) is 12.6. The van der Waals surface area contributed by atoms with E-state index in [0.717, 1.165) is 46.7 Å². The van der Waals surface area contributed by atoms with Crippen molar-refractivity contribution < 1.29 is 23.8 Å². The van der Waals surface area contributed by atoms with Crippen LogP contribution >= 0.6 is 0 Å².